The minimum absolute atomic E-state index is 0.177. The van der Waals surface area contributed by atoms with Crippen LogP contribution in [-0.4, -0.2) is 52.9 Å². The van der Waals surface area contributed by atoms with Crippen LogP contribution in [0.3, 0.4) is 0 Å². The molecule has 1 aromatic heterocycles. The van der Waals surface area contributed by atoms with Gasteiger partial charge in [0.1, 0.15) is 5.82 Å². The number of fused-ring (bicyclic) bond motifs is 2. The maximum absolute atomic E-state index is 12.5. The fourth-order valence-corrected chi connectivity index (χ4v) is 3.17. The Hall–Kier alpha value is -3.52. The lowest BCUT2D eigenvalue weighted by atomic mass is 10.1. The number of hydrogen-bond acceptors (Lipinski definition) is 5. The third-order valence-corrected chi connectivity index (χ3v) is 4.61. The number of hydrogen-bond donors (Lipinski definition) is 2. The number of carbonyl (C=O) groups excluding carboxylic acids is 3. The molecule has 0 unspecified atom stereocenters. The predicted octanol–water partition coefficient (Wildman–Crippen LogP) is 1.74. The van der Waals surface area contributed by atoms with Crippen LogP contribution >= 0.6 is 0 Å². The van der Waals surface area contributed by atoms with E-state index in [1.54, 1.807) is 0 Å². The number of imide groups is 1. The Bertz CT molecular complexity index is 1060. The van der Waals surface area contributed by atoms with Gasteiger partial charge in [0.2, 0.25) is 0 Å². The van der Waals surface area contributed by atoms with Gasteiger partial charge in [-0.2, -0.15) is 0 Å². The molecule has 3 aromatic rings. The van der Waals surface area contributed by atoms with Crippen molar-refractivity contribution in [3.05, 3.63) is 65.0 Å². The van der Waals surface area contributed by atoms with Gasteiger partial charge in [-0.15, -0.1) is 0 Å². The molecule has 28 heavy (non-hydrogen) atoms. The van der Waals surface area contributed by atoms with E-state index in [9.17, 15) is 14.4 Å². The summed E-state index contributed by atoms with van der Waals surface area (Å²) in [7, 11) is 1.50. The highest BCUT2D eigenvalue weighted by atomic mass is 16.5. The highest BCUT2D eigenvalue weighted by Gasteiger charge is 2.35. The number of nitrogens with one attached hydrogen (secondary N) is 2. The van der Waals surface area contributed by atoms with Crippen molar-refractivity contribution < 1.29 is 19.1 Å². The molecule has 0 bridgehead atoms. The highest BCUT2D eigenvalue weighted by molar-refractivity contribution is 6.22. The number of benzene rings is 2. The van der Waals surface area contributed by atoms with Gasteiger partial charge in [-0.1, -0.05) is 12.1 Å². The molecule has 0 saturated carbocycles. The quantitative estimate of drug-likeness (QED) is 0.636. The van der Waals surface area contributed by atoms with Gasteiger partial charge in [0.25, 0.3) is 17.7 Å². The molecule has 0 radical (unpaired) electrons. The highest BCUT2D eigenvalue weighted by Crippen LogP contribution is 2.24. The minimum Gasteiger partial charge on any atom is -0.383 e. The average Bonchev–Trinajstić information content (AvgIpc) is 3.23. The standard InChI is InChI=1S/C20H18N4O4/c1-28-9-8-24-19(26)13-7-6-12(10-14(13)20(24)27)18(25)21-11-17-22-15-4-2-3-5-16(15)23-17/h2-7,10H,8-9,11H2,1H3,(H,21,25)(H,22,23). The Morgan fingerprint density at radius 1 is 1.14 bits per heavy atom. The van der Waals surface area contributed by atoms with E-state index in [4.69, 9.17) is 4.74 Å². The van der Waals surface area contributed by atoms with Gasteiger partial charge in [0, 0.05) is 12.7 Å². The van der Waals surface area contributed by atoms with Gasteiger partial charge in [0.05, 0.1) is 41.9 Å². The van der Waals surface area contributed by atoms with Crippen molar-refractivity contribution in [2.75, 3.05) is 20.3 Å². The van der Waals surface area contributed by atoms with Crippen LogP contribution in [0.25, 0.3) is 11.0 Å². The monoisotopic (exact) mass is 378 g/mol. The van der Waals surface area contributed by atoms with E-state index >= 15 is 0 Å². The second kappa shape index (κ2) is 7.24. The average molecular weight is 378 g/mol. The molecule has 1 aliphatic rings. The maximum Gasteiger partial charge on any atom is 0.261 e. The minimum atomic E-state index is -0.413. The fourth-order valence-electron chi connectivity index (χ4n) is 3.17. The van der Waals surface area contributed by atoms with Gasteiger partial charge < -0.3 is 15.0 Å². The van der Waals surface area contributed by atoms with Crippen molar-refractivity contribution >= 4 is 28.8 Å². The maximum atomic E-state index is 12.5. The number of rotatable bonds is 6. The van der Waals surface area contributed by atoms with Crippen molar-refractivity contribution in [3.63, 3.8) is 0 Å². The molecular formula is C20H18N4O4. The van der Waals surface area contributed by atoms with Crippen LogP contribution < -0.4 is 5.32 Å². The van der Waals surface area contributed by atoms with E-state index in [-0.39, 0.29) is 37.1 Å². The third kappa shape index (κ3) is 3.14. The number of carbonyl (C=O) groups is 3. The summed E-state index contributed by atoms with van der Waals surface area (Å²) < 4.78 is 4.94. The number of H-pyrrole nitrogens is 1. The Morgan fingerprint density at radius 3 is 2.71 bits per heavy atom. The molecule has 0 fully saturated rings. The first-order valence-electron chi connectivity index (χ1n) is 8.79. The normalized spacial score (nSPS) is 13.2. The molecule has 0 spiro atoms. The van der Waals surface area contributed by atoms with E-state index in [2.05, 4.69) is 15.3 Å². The van der Waals surface area contributed by atoms with E-state index in [0.717, 1.165) is 15.9 Å². The van der Waals surface area contributed by atoms with Gasteiger partial charge in [-0.05, 0) is 30.3 Å². The SMILES string of the molecule is COCCN1C(=O)c2ccc(C(=O)NCc3nc4ccccc4[nH]3)cc2C1=O. The Balaban J connectivity index is 1.48. The molecule has 2 aromatic carbocycles. The van der Waals surface area contributed by atoms with E-state index < -0.39 is 5.91 Å². The van der Waals surface area contributed by atoms with Crippen LogP contribution in [0.4, 0.5) is 0 Å². The van der Waals surface area contributed by atoms with Gasteiger partial charge in [-0.25, -0.2) is 4.98 Å². The number of imidazole rings is 1. The lowest BCUT2D eigenvalue weighted by Crippen LogP contribution is -2.32. The van der Waals surface area contributed by atoms with Crippen molar-refractivity contribution in [1.29, 1.82) is 0 Å². The lowest BCUT2D eigenvalue weighted by molar-refractivity contribution is 0.0603. The van der Waals surface area contributed by atoms with Gasteiger partial charge >= 0.3 is 0 Å². The number of aromatic nitrogens is 2. The molecule has 4 rings (SSSR count). The topological polar surface area (TPSA) is 104 Å². The number of ether oxygens (including phenoxy) is 1. The summed E-state index contributed by atoms with van der Waals surface area (Å²) >= 11 is 0. The van der Waals surface area contributed by atoms with Crippen molar-refractivity contribution in [3.8, 4) is 0 Å². The predicted molar refractivity (Wildman–Crippen MR) is 101 cm³/mol. The molecular weight excluding hydrogens is 360 g/mol. The summed E-state index contributed by atoms with van der Waals surface area (Å²) in [4.78, 5) is 46.0. The molecule has 8 nitrogen and oxygen atoms in total. The second-order valence-electron chi connectivity index (χ2n) is 6.40. The Labute approximate surface area is 160 Å². The number of para-hydroxylation sites is 2. The Morgan fingerprint density at radius 2 is 1.93 bits per heavy atom. The van der Waals surface area contributed by atoms with E-state index in [0.29, 0.717) is 17.0 Å². The van der Waals surface area contributed by atoms with Crippen LogP contribution in [0, 0.1) is 0 Å². The van der Waals surface area contributed by atoms with Gasteiger partial charge in [0.15, 0.2) is 0 Å². The van der Waals surface area contributed by atoms with Crippen LogP contribution in [0.5, 0.6) is 0 Å². The number of amides is 3. The van der Waals surface area contributed by atoms with Crippen molar-refractivity contribution in [2.45, 2.75) is 6.54 Å². The molecule has 0 atom stereocenters. The van der Waals surface area contributed by atoms with Crippen LogP contribution in [-0.2, 0) is 11.3 Å². The van der Waals surface area contributed by atoms with Crippen LogP contribution in [0.2, 0.25) is 0 Å². The summed E-state index contributed by atoms with van der Waals surface area (Å²) in [6.45, 7) is 0.657. The molecule has 3 amide bonds. The smallest absolute Gasteiger partial charge is 0.261 e. The summed E-state index contributed by atoms with van der Waals surface area (Å²) in [6, 6.07) is 12.1. The zero-order valence-electron chi connectivity index (χ0n) is 15.2. The summed E-state index contributed by atoms with van der Waals surface area (Å²) in [5, 5.41) is 2.78. The first-order valence-corrected chi connectivity index (χ1v) is 8.79. The zero-order valence-corrected chi connectivity index (χ0v) is 15.2. The first kappa shape index (κ1) is 17.9. The molecule has 2 heterocycles. The van der Waals surface area contributed by atoms with Crippen molar-refractivity contribution in [2.24, 2.45) is 0 Å². The number of nitrogens with zero attached hydrogens (tertiary/aromatic N) is 2. The number of aromatic amines is 1. The van der Waals surface area contributed by atoms with E-state index in [1.165, 1.54) is 25.3 Å². The molecule has 1 aliphatic heterocycles. The molecule has 0 aliphatic carbocycles. The number of methoxy groups -OCH3 is 1. The summed E-state index contributed by atoms with van der Waals surface area (Å²) in [5.41, 5.74) is 2.56. The second-order valence-corrected chi connectivity index (χ2v) is 6.40. The van der Waals surface area contributed by atoms with Gasteiger partial charge in [-0.3, -0.25) is 19.3 Å². The molecule has 8 heteroatoms. The van der Waals surface area contributed by atoms with Crippen LogP contribution in [0.15, 0.2) is 42.5 Å². The first-order chi connectivity index (χ1) is 13.6. The Kier molecular flexibility index (Phi) is 4.62. The zero-order chi connectivity index (χ0) is 19.7. The van der Waals surface area contributed by atoms with E-state index in [1.807, 2.05) is 24.3 Å². The lowest BCUT2D eigenvalue weighted by Gasteiger charge is -2.12. The fraction of sp³-hybridized carbons (Fsp3) is 0.200. The largest absolute Gasteiger partial charge is 0.383 e. The summed E-state index contributed by atoms with van der Waals surface area (Å²) in [6.07, 6.45) is 0. The molecule has 2 N–H and O–H groups in total. The molecule has 142 valence electrons. The summed E-state index contributed by atoms with van der Waals surface area (Å²) in [5.74, 6) is -0.498. The van der Waals surface area contributed by atoms with Crippen molar-refractivity contribution in [1.82, 2.24) is 20.2 Å². The van der Waals surface area contributed by atoms with Crippen LogP contribution in [0.1, 0.15) is 36.9 Å². The molecule has 0 saturated heterocycles. The third-order valence-electron chi connectivity index (χ3n) is 4.61.